The van der Waals surface area contributed by atoms with Gasteiger partial charge in [-0.1, -0.05) is 9.13 Å². The largest absolute Gasteiger partial charge is 0.593 e. The number of aliphatic hydroxyl groups is 2. The van der Waals surface area contributed by atoms with E-state index >= 15 is 0 Å². The van der Waals surface area contributed by atoms with Crippen molar-refractivity contribution >= 4 is 28.0 Å². The molecule has 0 aliphatic heterocycles. The summed E-state index contributed by atoms with van der Waals surface area (Å²) < 4.78 is 20.3. The summed E-state index contributed by atoms with van der Waals surface area (Å²) in [6.07, 6.45) is -1.64. The molecule has 0 spiro atoms. The van der Waals surface area contributed by atoms with Gasteiger partial charge in [0.05, 0.1) is 0 Å². The molecular weight excluding hydrogens is 334 g/mol. The number of hydrogen-bond acceptors (Lipinski definition) is 10. The van der Waals surface area contributed by atoms with Crippen molar-refractivity contribution in [2.75, 3.05) is 6.61 Å². The summed E-state index contributed by atoms with van der Waals surface area (Å²) in [5, 5.41) is 28.3. The summed E-state index contributed by atoms with van der Waals surface area (Å²) in [6, 6.07) is 0. The average molecular weight is 348 g/mol. The molecule has 0 aromatic carbocycles. The average Bonchev–Trinajstić information content (AvgIpc) is 2.35. The highest BCUT2D eigenvalue weighted by Gasteiger charge is 2.52. The van der Waals surface area contributed by atoms with Crippen molar-refractivity contribution in [1.29, 1.82) is 0 Å². The van der Waals surface area contributed by atoms with Crippen molar-refractivity contribution in [3.63, 3.8) is 0 Å². The number of aliphatic carboxylic acids is 2. The topological polar surface area (TPSA) is 247 Å². The normalized spacial score (nSPS) is 19.0. The SMILES string of the molecule is CC(O)C(N)(C(=O)O)[P+](=O)[O-].NC(CO)(C(=O)O)[P+](=O)[O-]. The second-order valence-corrected chi connectivity index (χ2v) is 6.27. The third kappa shape index (κ3) is 5.30. The van der Waals surface area contributed by atoms with Crippen molar-refractivity contribution in [2.24, 2.45) is 11.5 Å². The van der Waals surface area contributed by atoms with Crippen molar-refractivity contribution in [2.45, 2.75) is 23.6 Å². The number of carboxylic acids is 2. The third-order valence-electron chi connectivity index (χ3n) is 2.22. The Hall–Kier alpha value is -1.10. The van der Waals surface area contributed by atoms with Crippen LogP contribution in [0.1, 0.15) is 6.92 Å². The van der Waals surface area contributed by atoms with Gasteiger partial charge in [-0.3, -0.25) is 11.5 Å². The van der Waals surface area contributed by atoms with E-state index in [1.54, 1.807) is 0 Å². The van der Waals surface area contributed by atoms with Crippen LogP contribution in [0.25, 0.3) is 0 Å². The lowest BCUT2D eigenvalue weighted by atomic mass is 10.2. The van der Waals surface area contributed by atoms with Crippen LogP contribution in [-0.4, -0.2) is 55.6 Å². The molecule has 0 rings (SSSR count). The van der Waals surface area contributed by atoms with Crippen LogP contribution < -0.4 is 21.3 Å². The first kappa shape index (κ1) is 22.2. The van der Waals surface area contributed by atoms with E-state index in [2.05, 4.69) is 0 Å². The predicted molar refractivity (Wildman–Crippen MR) is 63.1 cm³/mol. The molecule has 12 nitrogen and oxygen atoms in total. The smallest absolute Gasteiger partial charge is 0.377 e. The molecule has 122 valence electrons. The Morgan fingerprint density at radius 2 is 1.52 bits per heavy atom. The highest BCUT2D eigenvalue weighted by Crippen LogP contribution is 2.29. The van der Waals surface area contributed by atoms with Crippen LogP contribution in [0.3, 0.4) is 0 Å². The quantitative estimate of drug-likeness (QED) is 0.251. The lowest BCUT2D eigenvalue weighted by molar-refractivity contribution is -0.177. The summed E-state index contributed by atoms with van der Waals surface area (Å²) in [5.41, 5.74) is 9.62. The molecule has 0 bridgehead atoms. The fourth-order valence-electron chi connectivity index (χ4n) is 0.613. The van der Waals surface area contributed by atoms with Gasteiger partial charge >= 0.3 is 38.6 Å². The molecule has 0 aromatic heterocycles. The maximum absolute atomic E-state index is 10.3. The summed E-state index contributed by atoms with van der Waals surface area (Å²) in [6.45, 7) is -0.125. The molecule has 14 heteroatoms. The van der Waals surface area contributed by atoms with E-state index in [0.29, 0.717) is 0 Å². The molecule has 8 N–H and O–H groups in total. The van der Waals surface area contributed by atoms with Crippen LogP contribution >= 0.6 is 16.1 Å². The third-order valence-corrected chi connectivity index (χ3v) is 4.37. The van der Waals surface area contributed by atoms with Crippen molar-refractivity contribution in [3.8, 4) is 0 Å². The summed E-state index contributed by atoms with van der Waals surface area (Å²) in [7, 11) is -6.75. The molecule has 5 atom stereocenters. The van der Waals surface area contributed by atoms with E-state index in [9.17, 15) is 28.5 Å². The van der Waals surface area contributed by atoms with Gasteiger partial charge in [0, 0.05) is 0 Å². The monoisotopic (exact) mass is 348 g/mol. The molecular formula is C7H14N2O10P2. The van der Waals surface area contributed by atoms with E-state index in [1.165, 1.54) is 0 Å². The first-order chi connectivity index (χ1) is 9.28. The van der Waals surface area contributed by atoms with E-state index < -0.39 is 51.3 Å². The van der Waals surface area contributed by atoms with Crippen LogP contribution in [0.4, 0.5) is 0 Å². The van der Waals surface area contributed by atoms with Gasteiger partial charge in [0.15, 0.2) is 0 Å². The Kier molecular flexibility index (Phi) is 8.84. The fraction of sp³-hybridized carbons (Fsp3) is 0.714. The zero-order chi connectivity index (χ0) is 17.6. The minimum absolute atomic E-state index is 0.999. The first-order valence-corrected chi connectivity index (χ1v) is 7.26. The Morgan fingerprint density at radius 3 is 1.52 bits per heavy atom. The number of hydrogen-bond donors (Lipinski definition) is 6. The zero-order valence-corrected chi connectivity index (χ0v) is 12.4. The first-order valence-electron chi connectivity index (χ1n) is 4.90. The van der Waals surface area contributed by atoms with Crippen LogP contribution in [0, 0.1) is 0 Å². The molecule has 21 heavy (non-hydrogen) atoms. The molecule has 0 saturated heterocycles. The molecule has 0 amide bonds. The van der Waals surface area contributed by atoms with Gasteiger partial charge in [0.2, 0.25) is 0 Å². The van der Waals surface area contributed by atoms with Crippen molar-refractivity contribution < 1.29 is 48.9 Å². The number of carbonyl (C=O) groups is 2. The van der Waals surface area contributed by atoms with Crippen LogP contribution in [0.5, 0.6) is 0 Å². The molecule has 0 radical (unpaired) electrons. The molecule has 5 unspecified atom stereocenters. The fourth-order valence-corrected chi connectivity index (χ4v) is 1.35. The maximum Gasteiger partial charge on any atom is 0.377 e. The van der Waals surface area contributed by atoms with E-state index in [4.69, 9.17) is 31.9 Å². The molecule has 0 saturated carbocycles. The van der Waals surface area contributed by atoms with E-state index in [1.807, 2.05) is 0 Å². The number of aliphatic hydroxyl groups excluding tert-OH is 2. The molecule has 0 aliphatic carbocycles. The minimum Gasteiger partial charge on any atom is -0.593 e. The molecule has 0 fully saturated rings. The van der Waals surface area contributed by atoms with Gasteiger partial charge in [0.25, 0.3) is 0 Å². The van der Waals surface area contributed by atoms with Gasteiger partial charge in [0.1, 0.15) is 12.7 Å². The van der Waals surface area contributed by atoms with Gasteiger partial charge in [-0.2, -0.15) is 0 Å². The van der Waals surface area contributed by atoms with Gasteiger partial charge in [-0.05, 0) is 6.92 Å². The second kappa shape index (κ2) is 8.37. The second-order valence-electron chi connectivity index (χ2n) is 3.71. The van der Waals surface area contributed by atoms with Crippen LogP contribution in [0.2, 0.25) is 0 Å². The highest BCUT2D eigenvalue weighted by molar-refractivity contribution is 7.40. The van der Waals surface area contributed by atoms with Gasteiger partial charge in [-0.15, -0.1) is 0 Å². The van der Waals surface area contributed by atoms with Gasteiger partial charge in [-0.25, -0.2) is 9.59 Å². The molecule has 0 aromatic rings. The zero-order valence-electron chi connectivity index (χ0n) is 10.6. The number of nitrogens with two attached hydrogens (primary N) is 2. The maximum atomic E-state index is 10.3. The molecule has 0 aliphatic rings. The lowest BCUT2D eigenvalue weighted by Gasteiger charge is -2.17. The van der Waals surface area contributed by atoms with E-state index in [0.717, 1.165) is 6.92 Å². The Balaban J connectivity index is 0. The Labute approximate surface area is 119 Å². The molecule has 0 heterocycles. The van der Waals surface area contributed by atoms with Crippen molar-refractivity contribution in [3.05, 3.63) is 0 Å². The lowest BCUT2D eigenvalue weighted by Crippen LogP contribution is -2.54. The van der Waals surface area contributed by atoms with E-state index in [-0.39, 0.29) is 0 Å². The van der Waals surface area contributed by atoms with Gasteiger partial charge < -0.3 is 30.2 Å². The number of rotatable bonds is 6. The number of carboxylic acid groups (broad SMARTS) is 2. The Morgan fingerprint density at radius 1 is 1.14 bits per heavy atom. The Bertz CT molecular complexity index is 411. The van der Waals surface area contributed by atoms with Crippen molar-refractivity contribution in [1.82, 2.24) is 0 Å². The van der Waals surface area contributed by atoms with Crippen LogP contribution in [0.15, 0.2) is 0 Å². The summed E-state index contributed by atoms with van der Waals surface area (Å²) >= 11 is 0. The summed E-state index contributed by atoms with van der Waals surface area (Å²) in [4.78, 5) is 40.6. The standard InChI is InChI=1S/C4H8NO5P.C3H6NO5P/c1-2(6)4(5,3(7)8)11(9)10;4-3(1-5,2(6)7)10(8)9/h2,6H,5H2,1H3,(H,7,8);5H,1,4H2,(H,6,7). The highest BCUT2D eigenvalue weighted by atomic mass is 31.1. The minimum atomic E-state index is -3.40. The summed E-state index contributed by atoms with van der Waals surface area (Å²) in [5.74, 6) is -3.52. The predicted octanol–water partition coefficient (Wildman–Crippen LogP) is -3.97. The van der Waals surface area contributed by atoms with Crippen LogP contribution in [-0.2, 0) is 18.7 Å².